The van der Waals surface area contributed by atoms with Crippen LogP contribution in [0.4, 0.5) is 5.69 Å². The Balaban J connectivity index is 1.75. The van der Waals surface area contributed by atoms with Crippen LogP contribution >= 0.6 is 15.9 Å². The molecule has 2 aliphatic heterocycles. The number of imide groups is 1. The maximum atomic E-state index is 13.2. The fourth-order valence-electron chi connectivity index (χ4n) is 3.70. The Morgan fingerprint density at radius 3 is 2.38 bits per heavy atom. The van der Waals surface area contributed by atoms with E-state index in [-0.39, 0.29) is 12.3 Å². The van der Waals surface area contributed by atoms with Crippen LogP contribution in [0.5, 0.6) is 11.5 Å². The van der Waals surface area contributed by atoms with Crippen molar-refractivity contribution in [1.29, 1.82) is 0 Å². The molecule has 4 N–H and O–H groups in total. The number of benzene rings is 2. The van der Waals surface area contributed by atoms with Crippen LogP contribution in [0.15, 0.2) is 46.9 Å². The molecule has 3 amide bonds. The van der Waals surface area contributed by atoms with Gasteiger partial charge in [-0.3, -0.25) is 19.2 Å². The summed E-state index contributed by atoms with van der Waals surface area (Å²) in [5.41, 5.74) is 6.08. The summed E-state index contributed by atoms with van der Waals surface area (Å²) in [5.74, 6) is -3.44. The summed E-state index contributed by atoms with van der Waals surface area (Å²) in [4.78, 5) is 44.3. The summed E-state index contributed by atoms with van der Waals surface area (Å²) in [5, 5.41) is 20.6. The van der Waals surface area contributed by atoms with E-state index in [1.54, 1.807) is 24.3 Å². The largest absolute Gasteiger partial charge is 0.504 e. The number of anilines is 1. The van der Waals surface area contributed by atoms with E-state index in [9.17, 15) is 24.6 Å². The number of hydrogen-bond acceptors (Lipinski definition) is 7. The zero-order valence-corrected chi connectivity index (χ0v) is 16.4. The van der Waals surface area contributed by atoms with Crippen LogP contribution in [0.2, 0.25) is 0 Å². The molecule has 4 rings (SSSR count). The van der Waals surface area contributed by atoms with Crippen LogP contribution in [-0.2, 0) is 19.2 Å². The number of hydroxylamine groups is 2. The Kier molecular flexibility index (Phi) is 4.77. The highest BCUT2D eigenvalue weighted by Gasteiger charge is 2.60. The highest BCUT2D eigenvalue weighted by atomic mass is 79.9. The molecule has 0 saturated carbocycles. The number of phenolic OH excluding ortho intramolecular Hbond substituents is 2. The van der Waals surface area contributed by atoms with Crippen molar-refractivity contribution in [3.63, 3.8) is 0 Å². The second-order valence-electron chi connectivity index (χ2n) is 6.77. The van der Waals surface area contributed by atoms with Gasteiger partial charge in [-0.2, -0.15) is 5.06 Å². The van der Waals surface area contributed by atoms with Crippen molar-refractivity contribution in [2.45, 2.75) is 12.1 Å². The van der Waals surface area contributed by atoms with E-state index in [4.69, 9.17) is 10.6 Å². The number of rotatable bonds is 4. The van der Waals surface area contributed by atoms with Crippen molar-refractivity contribution in [3.05, 3.63) is 52.5 Å². The molecule has 2 fully saturated rings. The molecule has 0 radical (unpaired) electrons. The Morgan fingerprint density at radius 1 is 1.07 bits per heavy atom. The second kappa shape index (κ2) is 7.14. The average Bonchev–Trinajstić information content (AvgIpc) is 3.14. The lowest BCUT2D eigenvalue weighted by Crippen LogP contribution is -2.40. The summed E-state index contributed by atoms with van der Waals surface area (Å²) in [7, 11) is 0. The van der Waals surface area contributed by atoms with E-state index in [1.165, 1.54) is 23.3 Å². The van der Waals surface area contributed by atoms with Gasteiger partial charge in [-0.1, -0.05) is 22.0 Å². The molecule has 9 nitrogen and oxygen atoms in total. The van der Waals surface area contributed by atoms with Gasteiger partial charge < -0.3 is 15.9 Å². The molecular weight excluding hydrogens is 446 g/mol. The van der Waals surface area contributed by atoms with E-state index < -0.39 is 41.5 Å². The van der Waals surface area contributed by atoms with Crippen molar-refractivity contribution in [2.24, 2.45) is 11.7 Å². The number of nitrogens with zero attached hydrogens (tertiary/aromatic N) is 2. The number of phenols is 2. The van der Waals surface area contributed by atoms with Gasteiger partial charge in [0.05, 0.1) is 17.6 Å². The van der Waals surface area contributed by atoms with Gasteiger partial charge in [0.25, 0.3) is 5.91 Å². The number of amides is 3. The molecule has 0 bridgehead atoms. The molecule has 2 heterocycles. The molecule has 2 aromatic carbocycles. The molecule has 0 spiro atoms. The molecule has 0 aromatic heterocycles. The average molecular weight is 462 g/mol. The quantitative estimate of drug-likeness (QED) is 0.459. The van der Waals surface area contributed by atoms with Crippen LogP contribution in [0.25, 0.3) is 0 Å². The molecule has 10 heteroatoms. The molecule has 2 aliphatic rings. The molecule has 3 unspecified atom stereocenters. The summed E-state index contributed by atoms with van der Waals surface area (Å²) >= 11 is 3.31. The van der Waals surface area contributed by atoms with Crippen LogP contribution < -0.4 is 10.6 Å². The van der Waals surface area contributed by atoms with E-state index in [0.29, 0.717) is 11.3 Å². The van der Waals surface area contributed by atoms with Crippen LogP contribution in [0, 0.1) is 5.92 Å². The maximum Gasteiger partial charge on any atom is 0.265 e. The number of fused-ring (bicyclic) bond motifs is 1. The summed E-state index contributed by atoms with van der Waals surface area (Å²) in [6.45, 7) is -0.349. The van der Waals surface area contributed by atoms with E-state index in [2.05, 4.69) is 15.9 Å². The normalized spacial score (nSPS) is 24.2. The van der Waals surface area contributed by atoms with Gasteiger partial charge in [0.15, 0.2) is 17.6 Å². The second-order valence-corrected chi connectivity index (χ2v) is 7.69. The highest BCUT2D eigenvalue weighted by molar-refractivity contribution is 9.10. The van der Waals surface area contributed by atoms with Crippen molar-refractivity contribution in [1.82, 2.24) is 5.06 Å². The minimum atomic E-state index is -1.13. The number of primary amides is 1. The van der Waals surface area contributed by atoms with Gasteiger partial charge in [0.1, 0.15) is 6.54 Å². The lowest BCUT2D eigenvalue weighted by atomic mass is 9.90. The fraction of sp³-hybridized carbons (Fsp3) is 0.211. The number of carbonyl (C=O) groups excluding carboxylic acids is 3. The van der Waals surface area contributed by atoms with Gasteiger partial charge in [-0.05, 0) is 42.0 Å². The van der Waals surface area contributed by atoms with Crippen LogP contribution in [-0.4, -0.2) is 45.6 Å². The van der Waals surface area contributed by atoms with Gasteiger partial charge in [-0.25, -0.2) is 4.90 Å². The SMILES string of the molecule is NC(=O)CN1OC2C(=O)N(c3ccc(Br)cc3)C(=O)C2C1c1ccc(O)c(O)c1. The molecular formula is C19H16BrN3O6. The zero-order valence-electron chi connectivity index (χ0n) is 14.9. The topological polar surface area (TPSA) is 133 Å². The number of hydrogen-bond donors (Lipinski definition) is 3. The predicted octanol–water partition coefficient (Wildman–Crippen LogP) is 1.19. The van der Waals surface area contributed by atoms with Crippen molar-refractivity contribution in [3.8, 4) is 11.5 Å². The molecule has 2 saturated heterocycles. The van der Waals surface area contributed by atoms with Gasteiger partial charge >= 0.3 is 0 Å². The minimum absolute atomic E-state index is 0.337. The van der Waals surface area contributed by atoms with E-state index in [1.807, 2.05) is 0 Å². The van der Waals surface area contributed by atoms with Crippen molar-refractivity contribution < 1.29 is 29.4 Å². The lowest BCUT2D eigenvalue weighted by molar-refractivity contribution is -0.175. The lowest BCUT2D eigenvalue weighted by Gasteiger charge is -2.26. The number of aromatic hydroxyl groups is 2. The molecule has 150 valence electrons. The minimum Gasteiger partial charge on any atom is -0.504 e. The summed E-state index contributed by atoms with van der Waals surface area (Å²) < 4.78 is 0.793. The van der Waals surface area contributed by atoms with E-state index >= 15 is 0 Å². The Bertz CT molecular complexity index is 1010. The first kappa shape index (κ1) is 19.4. The van der Waals surface area contributed by atoms with Gasteiger partial charge in [0.2, 0.25) is 11.8 Å². The first-order valence-electron chi connectivity index (χ1n) is 8.65. The fourth-order valence-corrected chi connectivity index (χ4v) is 3.97. The highest BCUT2D eigenvalue weighted by Crippen LogP contribution is 2.46. The third-order valence-corrected chi connectivity index (χ3v) is 5.46. The summed E-state index contributed by atoms with van der Waals surface area (Å²) in [6, 6.07) is 9.83. The Hall–Kier alpha value is -2.95. The Labute approximate surface area is 173 Å². The smallest absolute Gasteiger partial charge is 0.265 e. The van der Waals surface area contributed by atoms with Gasteiger partial charge in [-0.15, -0.1) is 0 Å². The number of halogens is 1. The number of nitrogens with two attached hydrogens (primary N) is 1. The first-order chi connectivity index (χ1) is 13.8. The Morgan fingerprint density at radius 2 is 1.76 bits per heavy atom. The van der Waals surface area contributed by atoms with Crippen LogP contribution in [0.1, 0.15) is 11.6 Å². The standard InChI is InChI=1S/C19H16BrN3O6/c20-10-2-4-11(5-3-10)23-18(27)15-16(9-1-6-12(24)13(25)7-9)22(8-14(21)26)29-17(15)19(23)28/h1-7,15-17,24-25H,8H2,(H2,21,26). The molecule has 3 atom stereocenters. The first-order valence-corrected chi connectivity index (χ1v) is 9.44. The van der Waals surface area contributed by atoms with Gasteiger partial charge in [0, 0.05) is 4.47 Å². The molecule has 29 heavy (non-hydrogen) atoms. The third-order valence-electron chi connectivity index (χ3n) is 4.93. The monoisotopic (exact) mass is 461 g/mol. The van der Waals surface area contributed by atoms with Crippen LogP contribution in [0.3, 0.4) is 0 Å². The molecule has 2 aromatic rings. The molecule has 0 aliphatic carbocycles. The van der Waals surface area contributed by atoms with Crippen molar-refractivity contribution >= 4 is 39.3 Å². The van der Waals surface area contributed by atoms with E-state index in [0.717, 1.165) is 9.37 Å². The van der Waals surface area contributed by atoms with Crippen molar-refractivity contribution in [2.75, 3.05) is 11.4 Å². The third kappa shape index (κ3) is 3.24. The predicted molar refractivity (Wildman–Crippen MR) is 103 cm³/mol. The number of carbonyl (C=O) groups is 3. The zero-order chi connectivity index (χ0) is 20.9. The summed E-state index contributed by atoms with van der Waals surface area (Å²) in [6.07, 6.45) is -1.13. The maximum absolute atomic E-state index is 13.2.